The number of nitrogens with zero attached hydrogens (tertiary/aromatic N) is 2. The number of alkyl carbamates (subject to hydrolysis) is 1. The first-order valence-electron chi connectivity index (χ1n) is 13.7. The van der Waals surface area contributed by atoms with Gasteiger partial charge in [-0.1, -0.05) is 55.8 Å². The maximum atomic E-state index is 13.5. The van der Waals surface area contributed by atoms with Crippen LogP contribution in [0.25, 0.3) is 33.2 Å². The molecular weight excluding hydrogens is 516 g/mol. The number of nitrogens with one attached hydrogen (secondary N) is 3. The van der Waals surface area contributed by atoms with Crippen LogP contribution in [0.15, 0.2) is 72.4 Å². The molecule has 2 amide bonds. The van der Waals surface area contributed by atoms with Gasteiger partial charge in [0.1, 0.15) is 17.9 Å². The summed E-state index contributed by atoms with van der Waals surface area (Å²) in [5.74, 6) is 0.384. The molecule has 0 spiro atoms. The Kier molecular flexibility index (Phi) is 7.70. The van der Waals surface area contributed by atoms with E-state index in [9.17, 15) is 9.59 Å². The van der Waals surface area contributed by atoms with Gasteiger partial charge in [-0.2, -0.15) is 0 Å². The first-order chi connectivity index (χ1) is 19.7. The number of aromatic nitrogens is 2. The van der Waals surface area contributed by atoms with Gasteiger partial charge < -0.3 is 31.0 Å². The van der Waals surface area contributed by atoms with E-state index in [1.54, 1.807) is 11.1 Å². The number of carbonyl (C=O) groups excluding carboxylic acids is 2. The maximum Gasteiger partial charge on any atom is 0.407 e. The van der Waals surface area contributed by atoms with Gasteiger partial charge in [-0.15, -0.1) is 0 Å². The number of rotatable bonds is 7. The summed E-state index contributed by atoms with van der Waals surface area (Å²) in [6.07, 6.45) is 3.21. The Hall–Kier alpha value is -4.79. The van der Waals surface area contributed by atoms with Gasteiger partial charge in [-0.25, -0.2) is 9.78 Å². The van der Waals surface area contributed by atoms with E-state index >= 15 is 0 Å². The molecule has 1 aliphatic heterocycles. The number of methoxy groups -OCH3 is 1. The van der Waals surface area contributed by atoms with Gasteiger partial charge in [0.2, 0.25) is 5.91 Å². The van der Waals surface area contributed by atoms with Crippen LogP contribution in [0.4, 0.5) is 16.2 Å². The van der Waals surface area contributed by atoms with Crippen molar-refractivity contribution in [2.75, 3.05) is 31.8 Å². The molecule has 2 atom stereocenters. The number of H-pyrrole nitrogens is 1. The standard InChI is InChI=1S/C32H36N6O3/c1-18(2)29(37-32(40)41-5)31(39)38-17-19(3)12-28(38)30-35-16-27(36-30)24-9-8-20-13-21(6-7-22(20)14-24)23-10-11-25(33)26(15-23)34-4/h6-16,18,28-29,34H,17,33H2,1-5H3,(H,35,36)(H,37,40)/t28-,29-/m0/s1. The highest BCUT2D eigenvalue weighted by Crippen LogP contribution is 2.33. The van der Waals surface area contributed by atoms with Crippen LogP contribution in [-0.2, 0) is 9.53 Å². The van der Waals surface area contributed by atoms with Crippen LogP contribution >= 0.6 is 0 Å². The van der Waals surface area contributed by atoms with Crippen molar-refractivity contribution in [3.63, 3.8) is 0 Å². The normalized spacial score (nSPS) is 15.6. The van der Waals surface area contributed by atoms with Crippen LogP contribution in [-0.4, -0.2) is 53.6 Å². The number of nitrogens with two attached hydrogens (primary N) is 1. The van der Waals surface area contributed by atoms with E-state index in [-0.39, 0.29) is 17.9 Å². The number of aromatic amines is 1. The monoisotopic (exact) mass is 552 g/mol. The van der Waals surface area contributed by atoms with E-state index in [0.717, 1.165) is 44.4 Å². The highest BCUT2D eigenvalue weighted by atomic mass is 16.5. The Morgan fingerprint density at radius 2 is 1.71 bits per heavy atom. The lowest BCUT2D eigenvalue weighted by atomic mass is 9.99. The minimum Gasteiger partial charge on any atom is -0.453 e. The molecule has 0 fully saturated rings. The van der Waals surface area contributed by atoms with Crippen molar-refractivity contribution in [3.05, 3.63) is 78.3 Å². The molecule has 0 aliphatic carbocycles. The van der Waals surface area contributed by atoms with Crippen molar-refractivity contribution >= 4 is 34.1 Å². The Labute approximate surface area is 239 Å². The summed E-state index contributed by atoms with van der Waals surface area (Å²) < 4.78 is 4.74. The second-order valence-corrected chi connectivity index (χ2v) is 10.8. The molecule has 1 aromatic heterocycles. The average molecular weight is 553 g/mol. The molecule has 5 rings (SSSR count). The van der Waals surface area contributed by atoms with Gasteiger partial charge in [0.25, 0.3) is 0 Å². The smallest absolute Gasteiger partial charge is 0.407 e. The number of amides is 2. The molecule has 1 aliphatic rings. The van der Waals surface area contributed by atoms with Crippen molar-refractivity contribution in [3.8, 4) is 22.4 Å². The minimum atomic E-state index is -0.706. The molecule has 2 heterocycles. The first kappa shape index (κ1) is 27.8. The maximum absolute atomic E-state index is 13.5. The zero-order valence-electron chi connectivity index (χ0n) is 24.0. The predicted octanol–water partition coefficient (Wildman–Crippen LogP) is 5.73. The summed E-state index contributed by atoms with van der Waals surface area (Å²) in [4.78, 5) is 35.3. The van der Waals surface area contributed by atoms with Crippen LogP contribution < -0.4 is 16.4 Å². The zero-order chi connectivity index (χ0) is 29.3. The van der Waals surface area contributed by atoms with Gasteiger partial charge >= 0.3 is 6.09 Å². The molecule has 0 unspecified atom stereocenters. The van der Waals surface area contributed by atoms with Crippen molar-refractivity contribution in [1.29, 1.82) is 0 Å². The van der Waals surface area contributed by atoms with Crippen LogP contribution in [0.5, 0.6) is 0 Å². The largest absolute Gasteiger partial charge is 0.453 e. The number of fused-ring (bicyclic) bond motifs is 1. The number of anilines is 2. The van der Waals surface area contributed by atoms with Crippen LogP contribution in [0.2, 0.25) is 0 Å². The second kappa shape index (κ2) is 11.4. The summed E-state index contributed by atoms with van der Waals surface area (Å²) in [5.41, 5.74) is 12.8. The summed E-state index contributed by atoms with van der Waals surface area (Å²) in [5, 5.41) is 8.05. The summed E-state index contributed by atoms with van der Waals surface area (Å²) >= 11 is 0. The van der Waals surface area contributed by atoms with Crippen LogP contribution in [0, 0.1) is 5.92 Å². The first-order valence-corrected chi connectivity index (χ1v) is 13.7. The Morgan fingerprint density at radius 3 is 2.39 bits per heavy atom. The van der Waals surface area contributed by atoms with E-state index in [1.807, 2.05) is 46.0 Å². The number of ether oxygens (including phenoxy) is 1. The molecule has 0 saturated carbocycles. The molecule has 9 nitrogen and oxygen atoms in total. The SMILES string of the molecule is CNc1cc(-c2ccc3cc(-c4cnc([C@@H]5C=C(C)CN5C(=O)[C@@H](NC(=O)OC)C(C)C)[nH]4)ccc3c2)ccc1N. The lowest BCUT2D eigenvalue weighted by Gasteiger charge is -2.30. The minimum absolute atomic E-state index is 0.112. The van der Waals surface area contributed by atoms with E-state index in [1.165, 1.54) is 7.11 Å². The Balaban J connectivity index is 1.39. The highest BCUT2D eigenvalue weighted by Gasteiger charge is 2.36. The molecule has 5 N–H and O–H groups in total. The van der Waals surface area contributed by atoms with E-state index < -0.39 is 12.1 Å². The van der Waals surface area contributed by atoms with Crippen molar-refractivity contribution in [2.45, 2.75) is 32.9 Å². The molecule has 0 radical (unpaired) electrons. The molecular formula is C32H36N6O3. The molecule has 3 aromatic carbocycles. The fourth-order valence-corrected chi connectivity index (χ4v) is 5.28. The molecule has 0 saturated heterocycles. The van der Waals surface area contributed by atoms with Crippen molar-refractivity contribution in [1.82, 2.24) is 20.2 Å². The van der Waals surface area contributed by atoms with Gasteiger partial charge in [0.15, 0.2) is 0 Å². The Bertz CT molecular complexity index is 1640. The van der Waals surface area contributed by atoms with E-state index in [2.05, 4.69) is 63.1 Å². The summed E-state index contributed by atoms with van der Waals surface area (Å²) in [6, 6.07) is 17.6. The molecule has 4 aromatic rings. The Morgan fingerprint density at radius 1 is 1.05 bits per heavy atom. The predicted molar refractivity (Wildman–Crippen MR) is 163 cm³/mol. The van der Waals surface area contributed by atoms with Gasteiger partial charge in [-0.3, -0.25) is 4.79 Å². The number of nitrogen functional groups attached to an aromatic ring is 1. The van der Waals surface area contributed by atoms with Crippen LogP contribution in [0.3, 0.4) is 0 Å². The molecule has 212 valence electrons. The van der Waals surface area contributed by atoms with Gasteiger partial charge in [-0.05, 0) is 59.0 Å². The fraction of sp³-hybridized carbons (Fsp3) is 0.281. The number of hydrogen-bond donors (Lipinski definition) is 4. The van der Waals surface area contributed by atoms with Crippen LogP contribution in [0.1, 0.15) is 32.6 Å². The second-order valence-electron chi connectivity index (χ2n) is 10.8. The lowest BCUT2D eigenvalue weighted by Crippen LogP contribution is -2.51. The number of imidazole rings is 1. The highest BCUT2D eigenvalue weighted by molar-refractivity contribution is 5.91. The third-order valence-corrected chi connectivity index (χ3v) is 7.56. The van der Waals surface area contributed by atoms with Gasteiger partial charge in [0.05, 0.1) is 30.4 Å². The topological polar surface area (TPSA) is 125 Å². The van der Waals surface area contributed by atoms with Crippen molar-refractivity contribution in [2.24, 2.45) is 5.92 Å². The summed E-state index contributed by atoms with van der Waals surface area (Å²) in [7, 11) is 3.15. The van der Waals surface area contributed by atoms with E-state index in [4.69, 9.17) is 10.5 Å². The van der Waals surface area contributed by atoms with Crippen molar-refractivity contribution < 1.29 is 14.3 Å². The fourth-order valence-electron chi connectivity index (χ4n) is 5.28. The molecule has 9 heteroatoms. The third kappa shape index (κ3) is 5.61. The number of carbonyl (C=O) groups is 2. The average Bonchev–Trinajstić information content (AvgIpc) is 3.62. The lowest BCUT2D eigenvalue weighted by molar-refractivity contribution is -0.135. The third-order valence-electron chi connectivity index (χ3n) is 7.56. The quantitative estimate of drug-likeness (QED) is 0.171. The molecule has 0 bridgehead atoms. The number of benzene rings is 3. The van der Waals surface area contributed by atoms with Gasteiger partial charge in [0, 0.05) is 19.2 Å². The number of hydrogen-bond acceptors (Lipinski definition) is 6. The summed E-state index contributed by atoms with van der Waals surface area (Å²) in [6.45, 7) is 6.25. The zero-order valence-corrected chi connectivity index (χ0v) is 24.0. The van der Waals surface area contributed by atoms with E-state index in [0.29, 0.717) is 18.1 Å². The molecule has 41 heavy (non-hydrogen) atoms.